The van der Waals surface area contributed by atoms with Crippen molar-refractivity contribution in [1.29, 1.82) is 0 Å². The Kier molecular flexibility index (Phi) is 3.99. The van der Waals surface area contributed by atoms with E-state index in [1.165, 1.54) is 18.3 Å². The number of fused-ring (bicyclic) bond motifs is 1. The van der Waals surface area contributed by atoms with Crippen LogP contribution < -0.4 is 5.56 Å². The van der Waals surface area contributed by atoms with Crippen LogP contribution in [0.3, 0.4) is 0 Å². The highest BCUT2D eigenvalue weighted by atomic mass is 16.4. The molecule has 0 fully saturated rings. The third-order valence-corrected chi connectivity index (χ3v) is 3.56. The van der Waals surface area contributed by atoms with Gasteiger partial charge in [-0.1, -0.05) is 18.2 Å². The summed E-state index contributed by atoms with van der Waals surface area (Å²) in [5.74, 6) is -0.555. The van der Waals surface area contributed by atoms with E-state index < -0.39 is 5.97 Å². The summed E-state index contributed by atoms with van der Waals surface area (Å²) in [7, 11) is 0. The number of aromatic nitrogens is 4. The van der Waals surface area contributed by atoms with Gasteiger partial charge in [0.2, 0.25) is 0 Å². The van der Waals surface area contributed by atoms with Crippen molar-refractivity contribution in [2.75, 3.05) is 0 Å². The topological polar surface area (TPSA) is 101 Å². The van der Waals surface area contributed by atoms with E-state index in [4.69, 9.17) is 5.11 Å². The van der Waals surface area contributed by atoms with Crippen molar-refractivity contribution >= 4 is 29.2 Å². The van der Waals surface area contributed by atoms with Crippen molar-refractivity contribution < 1.29 is 9.90 Å². The lowest BCUT2D eigenvalue weighted by Crippen LogP contribution is -2.11. The van der Waals surface area contributed by atoms with Crippen LogP contribution in [0.2, 0.25) is 0 Å². The predicted molar refractivity (Wildman–Crippen MR) is 90.9 cm³/mol. The molecule has 3 aromatic rings. The minimum absolute atomic E-state index is 0.0946. The number of rotatable bonds is 4. The molecule has 0 saturated heterocycles. The number of carbonyl (C=O) groups is 1. The zero-order chi connectivity index (χ0) is 17.3. The van der Waals surface area contributed by atoms with E-state index in [2.05, 4.69) is 15.1 Å². The minimum Gasteiger partial charge on any atom is -0.478 e. The van der Waals surface area contributed by atoms with Gasteiger partial charge in [0, 0.05) is 6.04 Å². The molecule has 0 spiro atoms. The first-order valence-electron chi connectivity index (χ1n) is 7.44. The van der Waals surface area contributed by atoms with Crippen LogP contribution in [0.5, 0.6) is 0 Å². The van der Waals surface area contributed by atoms with E-state index in [1.54, 1.807) is 29.0 Å². The average molecular weight is 324 g/mol. The molecule has 0 saturated carbocycles. The zero-order valence-electron chi connectivity index (χ0n) is 13.2. The number of nitrogens with one attached hydrogen (secondary N) is 1. The quantitative estimate of drug-likeness (QED) is 0.768. The highest BCUT2D eigenvalue weighted by molar-refractivity contribution is 5.88. The van der Waals surface area contributed by atoms with Gasteiger partial charge in [0.25, 0.3) is 5.56 Å². The van der Waals surface area contributed by atoms with E-state index in [0.29, 0.717) is 16.9 Å². The summed E-state index contributed by atoms with van der Waals surface area (Å²) in [6, 6.07) is 6.52. The molecule has 0 aliphatic carbocycles. The van der Waals surface area contributed by atoms with Gasteiger partial charge in [-0.15, -0.1) is 0 Å². The predicted octanol–water partition coefficient (Wildman–Crippen LogP) is 2.57. The summed E-state index contributed by atoms with van der Waals surface area (Å²) in [5.41, 5.74) is 1.32. The standard InChI is InChI=1S/C17H16N4O3/c1-10(2)21-15-13(9-18-21)16(22)20-14(19-15)8-5-11-3-6-12(7-4-11)17(23)24/h3-10H,1-2H3,(H,23,24)(H,19,20,22)/b8-5+. The molecule has 0 aliphatic heterocycles. The molecule has 122 valence electrons. The second-order valence-electron chi connectivity index (χ2n) is 5.63. The van der Waals surface area contributed by atoms with Crippen molar-refractivity contribution in [1.82, 2.24) is 19.7 Å². The Bertz CT molecular complexity index is 981. The maximum atomic E-state index is 12.1. The first-order chi connectivity index (χ1) is 11.5. The monoisotopic (exact) mass is 324 g/mol. The number of H-pyrrole nitrogens is 1. The summed E-state index contributed by atoms with van der Waals surface area (Å²) in [5, 5.41) is 13.5. The van der Waals surface area contributed by atoms with Crippen LogP contribution in [0, 0.1) is 0 Å². The molecule has 0 atom stereocenters. The fourth-order valence-electron chi connectivity index (χ4n) is 2.32. The number of carboxylic acids is 1. The SMILES string of the molecule is CC(C)n1ncc2c(=O)[nH]c(/C=C/c3ccc(C(=O)O)cc3)nc21. The van der Waals surface area contributed by atoms with Crippen molar-refractivity contribution in [3.8, 4) is 0 Å². The second kappa shape index (κ2) is 6.11. The van der Waals surface area contributed by atoms with Gasteiger partial charge >= 0.3 is 5.97 Å². The first-order valence-corrected chi connectivity index (χ1v) is 7.44. The second-order valence-corrected chi connectivity index (χ2v) is 5.63. The Morgan fingerprint density at radius 1 is 1.25 bits per heavy atom. The third-order valence-electron chi connectivity index (χ3n) is 3.56. The van der Waals surface area contributed by atoms with Gasteiger partial charge in [-0.25, -0.2) is 14.5 Å². The first kappa shape index (κ1) is 15.7. The van der Waals surface area contributed by atoms with E-state index in [9.17, 15) is 9.59 Å². The van der Waals surface area contributed by atoms with Gasteiger partial charge in [0.1, 0.15) is 11.2 Å². The molecular formula is C17H16N4O3. The highest BCUT2D eigenvalue weighted by Gasteiger charge is 2.11. The number of hydrogen-bond donors (Lipinski definition) is 2. The molecule has 3 rings (SSSR count). The average Bonchev–Trinajstić information content (AvgIpc) is 2.98. The van der Waals surface area contributed by atoms with Gasteiger partial charge in [-0.05, 0) is 37.6 Å². The van der Waals surface area contributed by atoms with E-state index in [-0.39, 0.29) is 17.2 Å². The largest absolute Gasteiger partial charge is 0.478 e. The van der Waals surface area contributed by atoms with Crippen LogP contribution in [0.15, 0.2) is 35.3 Å². The Balaban J connectivity index is 1.96. The summed E-state index contributed by atoms with van der Waals surface area (Å²) >= 11 is 0. The van der Waals surface area contributed by atoms with E-state index >= 15 is 0 Å². The Morgan fingerprint density at radius 3 is 2.58 bits per heavy atom. The van der Waals surface area contributed by atoms with Crippen LogP contribution in [0.1, 0.15) is 41.6 Å². The zero-order valence-corrected chi connectivity index (χ0v) is 13.2. The normalized spacial score (nSPS) is 11.6. The summed E-state index contributed by atoms with van der Waals surface area (Å²) in [4.78, 5) is 30.1. The summed E-state index contributed by atoms with van der Waals surface area (Å²) < 4.78 is 1.70. The van der Waals surface area contributed by atoms with Gasteiger partial charge in [-0.2, -0.15) is 5.10 Å². The number of hydrogen-bond acceptors (Lipinski definition) is 4. The Labute approximate surface area is 137 Å². The van der Waals surface area contributed by atoms with Crippen LogP contribution in [0.25, 0.3) is 23.2 Å². The molecule has 2 aromatic heterocycles. The van der Waals surface area contributed by atoms with Crippen LogP contribution >= 0.6 is 0 Å². The van der Waals surface area contributed by atoms with Crippen molar-refractivity contribution in [3.05, 3.63) is 57.8 Å². The number of aromatic carboxylic acids is 1. The number of nitrogens with zero attached hydrogens (tertiary/aromatic N) is 3. The maximum absolute atomic E-state index is 12.1. The number of benzene rings is 1. The van der Waals surface area contributed by atoms with Gasteiger partial charge in [0.15, 0.2) is 5.65 Å². The molecule has 0 amide bonds. The van der Waals surface area contributed by atoms with E-state index in [1.807, 2.05) is 13.8 Å². The smallest absolute Gasteiger partial charge is 0.335 e. The molecule has 0 unspecified atom stereocenters. The molecule has 0 radical (unpaired) electrons. The van der Waals surface area contributed by atoms with Crippen LogP contribution in [-0.4, -0.2) is 30.8 Å². The molecule has 1 aromatic carbocycles. The van der Waals surface area contributed by atoms with Crippen molar-refractivity contribution in [2.45, 2.75) is 19.9 Å². The van der Waals surface area contributed by atoms with E-state index in [0.717, 1.165) is 5.56 Å². The van der Waals surface area contributed by atoms with Crippen molar-refractivity contribution in [3.63, 3.8) is 0 Å². The number of carboxylic acid groups (broad SMARTS) is 1. The van der Waals surface area contributed by atoms with Crippen LogP contribution in [-0.2, 0) is 0 Å². The Hall–Kier alpha value is -3.22. The van der Waals surface area contributed by atoms with Gasteiger partial charge < -0.3 is 10.1 Å². The lowest BCUT2D eigenvalue weighted by atomic mass is 10.1. The minimum atomic E-state index is -0.969. The molecule has 2 heterocycles. The summed E-state index contributed by atoms with van der Waals surface area (Å²) in [6.45, 7) is 3.93. The molecule has 7 nitrogen and oxygen atoms in total. The van der Waals surface area contributed by atoms with Gasteiger partial charge in [-0.3, -0.25) is 4.79 Å². The lowest BCUT2D eigenvalue weighted by molar-refractivity contribution is 0.0697. The molecule has 0 aliphatic rings. The van der Waals surface area contributed by atoms with Crippen molar-refractivity contribution in [2.24, 2.45) is 0 Å². The molecule has 24 heavy (non-hydrogen) atoms. The fraction of sp³-hybridized carbons (Fsp3) is 0.176. The van der Waals surface area contributed by atoms with Gasteiger partial charge in [0.05, 0.1) is 11.8 Å². The highest BCUT2D eigenvalue weighted by Crippen LogP contribution is 2.13. The molecular weight excluding hydrogens is 308 g/mol. The molecule has 0 bridgehead atoms. The number of aromatic amines is 1. The van der Waals surface area contributed by atoms with Crippen LogP contribution in [0.4, 0.5) is 0 Å². The lowest BCUT2D eigenvalue weighted by Gasteiger charge is -2.06. The maximum Gasteiger partial charge on any atom is 0.335 e. The fourth-order valence-corrected chi connectivity index (χ4v) is 2.32. The third kappa shape index (κ3) is 2.96. The molecule has 7 heteroatoms. The molecule has 2 N–H and O–H groups in total. The summed E-state index contributed by atoms with van der Waals surface area (Å²) in [6.07, 6.45) is 4.94. The Morgan fingerprint density at radius 2 is 1.96 bits per heavy atom.